The van der Waals surface area contributed by atoms with E-state index in [0.29, 0.717) is 12.0 Å². The summed E-state index contributed by atoms with van der Waals surface area (Å²) >= 11 is 0. The van der Waals surface area contributed by atoms with Crippen LogP contribution in [0, 0.1) is 11.6 Å². The van der Waals surface area contributed by atoms with Gasteiger partial charge in [0.05, 0.1) is 5.52 Å². The molecule has 2 aromatic heterocycles. The number of nitrogens with one attached hydrogen (secondary N) is 2. The van der Waals surface area contributed by atoms with Crippen LogP contribution in [-0.2, 0) is 11.2 Å². The topological polar surface area (TPSA) is 113 Å². The zero-order valence-electron chi connectivity index (χ0n) is 19.2. The third kappa shape index (κ3) is 5.22. The lowest BCUT2D eigenvalue weighted by Crippen LogP contribution is -2.37. The van der Waals surface area contributed by atoms with E-state index < -0.39 is 28.6 Å². The molecule has 0 radical (unpaired) electrons. The number of pyridine rings is 2. The van der Waals surface area contributed by atoms with E-state index in [2.05, 4.69) is 15.6 Å². The lowest BCUT2D eigenvalue weighted by molar-refractivity contribution is -0.118. The smallest absolute Gasteiger partial charge is 0.272 e. The Labute approximate surface area is 204 Å². The quantitative estimate of drug-likeness (QED) is 0.344. The molecule has 0 saturated carbocycles. The second kappa shape index (κ2) is 10.3. The predicted octanol–water partition coefficient (Wildman–Crippen LogP) is 2.83. The van der Waals surface area contributed by atoms with E-state index in [0.717, 1.165) is 5.56 Å². The van der Waals surface area contributed by atoms with Gasteiger partial charge < -0.3 is 15.7 Å². The molecule has 0 spiro atoms. The maximum Gasteiger partial charge on any atom is 0.272 e. The molecule has 36 heavy (non-hydrogen) atoms. The summed E-state index contributed by atoms with van der Waals surface area (Å²) in [5.74, 6) is -2.61. The minimum absolute atomic E-state index is 0.00575. The fraction of sp³-hybridized carbons (Fsp3) is 0.154. The first kappa shape index (κ1) is 24.5. The van der Waals surface area contributed by atoms with Crippen LogP contribution < -0.4 is 16.2 Å². The van der Waals surface area contributed by atoms with Crippen molar-refractivity contribution in [1.29, 1.82) is 0 Å². The highest BCUT2D eigenvalue weighted by molar-refractivity contribution is 6.01. The highest BCUT2D eigenvalue weighted by Gasteiger charge is 2.24. The highest BCUT2D eigenvalue weighted by atomic mass is 19.1. The SMILES string of the molecule is CC(=O)NCCNC(=O)c1c(O)c2ncc(Cc3ccc(F)cc3)cc2n(-c2ccc(F)cc2)c1=O. The third-order valence-corrected chi connectivity index (χ3v) is 5.46. The molecule has 0 unspecified atom stereocenters. The lowest BCUT2D eigenvalue weighted by Gasteiger charge is -2.16. The van der Waals surface area contributed by atoms with E-state index >= 15 is 0 Å². The summed E-state index contributed by atoms with van der Waals surface area (Å²) in [6.07, 6.45) is 1.86. The third-order valence-electron chi connectivity index (χ3n) is 5.46. The largest absolute Gasteiger partial charge is 0.505 e. The molecule has 0 aliphatic carbocycles. The van der Waals surface area contributed by atoms with E-state index in [1.54, 1.807) is 18.2 Å². The van der Waals surface area contributed by atoms with Gasteiger partial charge in [-0.1, -0.05) is 12.1 Å². The maximum absolute atomic E-state index is 13.6. The number of fused-ring (bicyclic) bond motifs is 1. The van der Waals surface area contributed by atoms with Crippen LogP contribution in [0.4, 0.5) is 8.78 Å². The molecular weight excluding hydrogens is 470 g/mol. The average Bonchev–Trinajstić information content (AvgIpc) is 2.84. The average molecular weight is 492 g/mol. The summed E-state index contributed by atoms with van der Waals surface area (Å²) in [4.78, 5) is 41.7. The van der Waals surface area contributed by atoms with Crippen LogP contribution in [0.25, 0.3) is 16.7 Å². The summed E-state index contributed by atoms with van der Waals surface area (Å²) in [6, 6.07) is 12.6. The summed E-state index contributed by atoms with van der Waals surface area (Å²) in [7, 11) is 0. The van der Waals surface area contributed by atoms with Gasteiger partial charge in [0.1, 0.15) is 22.7 Å². The van der Waals surface area contributed by atoms with Gasteiger partial charge in [-0.05, 0) is 60.0 Å². The van der Waals surface area contributed by atoms with Crippen LogP contribution in [0.5, 0.6) is 5.75 Å². The Hall–Kier alpha value is -4.60. The Balaban J connectivity index is 1.82. The first-order valence-corrected chi connectivity index (χ1v) is 11.0. The second-order valence-electron chi connectivity index (χ2n) is 8.09. The number of rotatable bonds is 7. The van der Waals surface area contributed by atoms with Crippen molar-refractivity contribution in [3.05, 3.63) is 99.5 Å². The van der Waals surface area contributed by atoms with Gasteiger partial charge in [-0.15, -0.1) is 0 Å². The van der Waals surface area contributed by atoms with Crippen LogP contribution in [0.2, 0.25) is 0 Å². The Morgan fingerprint density at radius 3 is 2.19 bits per heavy atom. The van der Waals surface area contributed by atoms with Gasteiger partial charge in [0.25, 0.3) is 11.5 Å². The van der Waals surface area contributed by atoms with E-state index in [1.807, 2.05) is 0 Å². The van der Waals surface area contributed by atoms with Gasteiger partial charge >= 0.3 is 0 Å². The van der Waals surface area contributed by atoms with E-state index in [1.165, 1.54) is 54.1 Å². The number of hydrogen-bond acceptors (Lipinski definition) is 5. The van der Waals surface area contributed by atoms with Crippen molar-refractivity contribution in [2.24, 2.45) is 0 Å². The molecule has 2 aromatic carbocycles. The number of carbonyl (C=O) groups is 2. The molecule has 0 aliphatic rings. The van der Waals surface area contributed by atoms with E-state index in [4.69, 9.17) is 0 Å². The molecule has 0 saturated heterocycles. The van der Waals surface area contributed by atoms with Crippen LogP contribution >= 0.6 is 0 Å². The highest BCUT2D eigenvalue weighted by Crippen LogP contribution is 2.28. The van der Waals surface area contributed by atoms with Gasteiger partial charge in [0.2, 0.25) is 5.91 Å². The van der Waals surface area contributed by atoms with Gasteiger partial charge in [-0.2, -0.15) is 0 Å². The zero-order valence-corrected chi connectivity index (χ0v) is 19.2. The number of aromatic hydroxyl groups is 1. The number of amides is 2. The summed E-state index contributed by atoms with van der Waals surface area (Å²) in [6.45, 7) is 1.48. The fourth-order valence-electron chi connectivity index (χ4n) is 3.78. The molecule has 3 N–H and O–H groups in total. The monoisotopic (exact) mass is 492 g/mol. The second-order valence-corrected chi connectivity index (χ2v) is 8.09. The molecule has 0 fully saturated rings. The van der Waals surface area contributed by atoms with Crippen LogP contribution in [-0.4, -0.2) is 39.6 Å². The van der Waals surface area contributed by atoms with Crippen molar-refractivity contribution >= 4 is 22.8 Å². The van der Waals surface area contributed by atoms with Crippen LogP contribution in [0.15, 0.2) is 65.6 Å². The Morgan fingerprint density at radius 2 is 1.56 bits per heavy atom. The van der Waals surface area contributed by atoms with E-state index in [-0.39, 0.29) is 41.5 Å². The van der Waals surface area contributed by atoms with Crippen molar-refractivity contribution in [3.8, 4) is 11.4 Å². The predicted molar refractivity (Wildman–Crippen MR) is 129 cm³/mol. The van der Waals surface area contributed by atoms with Gasteiger partial charge in [0, 0.05) is 31.9 Å². The van der Waals surface area contributed by atoms with Crippen LogP contribution in [0.3, 0.4) is 0 Å². The van der Waals surface area contributed by atoms with Gasteiger partial charge in [-0.25, -0.2) is 8.78 Å². The zero-order chi connectivity index (χ0) is 25.8. The summed E-state index contributed by atoms with van der Waals surface area (Å²) in [5, 5.41) is 15.9. The molecule has 184 valence electrons. The first-order valence-electron chi connectivity index (χ1n) is 11.0. The molecular formula is C26H22F2N4O4. The fourth-order valence-corrected chi connectivity index (χ4v) is 3.78. The summed E-state index contributed by atoms with van der Waals surface area (Å²) < 4.78 is 28.0. The number of benzene rings is 2. The van der Waals surface area contributed by atoms with Crippen molar-refractivity contribution < 1.29 is 23.5 Å². The normalized spacial score (nSPS) is 10.9. The molecule has 8 nitrogen and oxygen atoms in total. The van der Waals surface area contributed by atoms with Crippen molar-refractivity contribution in [2.45, 2.75) is 13.3 Å². The standard InChI is InChI=1S/C26H22F2N4O4/c1-15(33)29-10-11-30-25(35)22-24(34)23-21(32(26(22)36)20-8-6-19(28)7-9-20)13-17(14-31-23)12-16-2-4-18(27)5-3-16/h2-9,13-14,34H,10-12H2,1H3,(H,29,33)(H,30,35). The Kier molecular flexibility index (Phi) is 7.05. The first-order chi connectivity index (χ1) is 17.2. The van der Waals surface area contributed by atoms with Crippen molar-refractivity contribution in [1.82, 2.24) is 20.2 Å². The molecule has 0 atom stereocenters. The maximum atomic E-state index is 13.6. The Bertz CT molecular complexity index is 1500. The van der Waals surface area contributed by atoms with E-state index in [9.17, 15) is 28.3 Å². The molecule has 2 amide bonds. The molecule has 4 rings (SSSR count). The van der Waals surface area contributed by atoms with Crippen molar-refractivity contribution in [2.75, 3.05) is 13.1 Å². The number of aromatic nitrogens is 2. The van der Waals surface area contributed by atoms with Crippen molar-refractivity contribution in [3.63, 3.8) is 0 Å². The minimum atomic E-state index is -0.849. The van der Waals surface area contributed by atoms with Gasteiger partial charge in [-0.3, -0.25) is 23.9 Å². The lowest BCUT2D eigenvalue weighted by atomic mass is 10.0. The number of halogens is 2. The molecule has 2 heterocycles. The minimum Gasteiger partial charge on any atom is -0.505 e. The van der Waals surface area contributed by atoms with Gasteiger partial charge in [0.15, 0.2) is 5.75 Å². The number of hydrogen-bond donors (Lipinski definition) is 3. The molecule has 0 aliphatic heterocycles. The number of carbonyl (C=O) groups excluding carboxylic acids is 2. The summed E-state index contributed by atoms with van der Waals surface area (Å²) in [5.41, 5.74) is 0.563. The number of nitrogens with zero attached hydrogens (tertiary/aromatic N) is 2. The molecule has 10 heteroatoms. The molecule has 4 aromatic rings. The Morgan fingerprint density at radius 1 is 0.944 bits per heavy atom. The van der Waals surface area contributed by atoms with Crippen LogP contribution in [0.1, 0.15) is 28.4 Å². The molecule has 0 bridgehead atoms.